The normalized spacial score (nSPS) is 11.8. The molecule has 0 aliphatic heterocycles. The minimum atomic E-state index is -3.35. The monoisotopic (exact) mass is 429 g/mol. The summed E-state index contributed by atoms with van der Waals surface area (Å²) in [6.07, 6.45) is 1.73. The minimum absolute atomic E-state index is 0.0522. The Hall–Kier alpha value is -3.46. The molecule has 30 heavy (non-hydrogen) atoms. The van der Waals surface area contributed by atoms with Gasteiger partial charge in [-0.3, -0.25) is 0 Å². The van der Waals surface area contributed by atoms with E-state index < -0.39 is 9.84 Å². The van der Waals surface area contributed by atoms with Crippen LogP contribution >= 0.6 is 0 Å². The van der Waals surface area contributed by atoms with Crippen molar-refractivity contribution in [1.29, 1.82) is 0 Å². The van der Waals surface area contributed by atoms with Gasteiger partial charge >= 0.3 is 0 Å². The Labute approximate surface area is 173 Å². The molecule has 0 fully saturated rings. The van der Waals surface area contributed by atoms with E-state index in [1.165, 1.54) is 30.5 Å². The van der Waals surface area contributed by atoms with Crippen LogP contribution in [0.5, 0.6) is 11.6 Å². The Morgan fingerprint density at radius 2 is 1.77 bits per heavy atom. The van der Waals surface area contributed by atoms with E-state index in [1.54, 1.807) is 42.5 Å². The molecular weight excluding hydrogens is 409 g/mol. The van der Waals surface area contributed by atoms with Crippen molar-refractivity contribution in [1.82, 2.24) is 4.98 Å². The lowest BCUT2D eigenvalue weighted by Crippen LogP contribution is -2.15. The van der Waals surface area contributed by atoms with Crippen molar-refractivity contribution in [2.24, 2.45) is 10.9 Å². The van der Waals surface area contributed by atoms with Crippen molar-refractivity contribution in [3.05, 3.63) is 84.3 Å². The maximum absolute atomic E-state index is 12.9. The van der Waals surface area contributed by atoms with E-state index in [-0.39, 0.29) is 35.3 Å². The Balaban J connectivity index is 1.48. The number of halogens is 1. The van der Waals surface area contributed by atoms with Crippen LogP contribution in [0.3, 0.4) is 0 Å². The summed E-state index contributed by atoms with van der Waals surface area (Å²) in [6.45, 7) is 0.103. The van der Waals surface area contributed by atoms with Crippen LogP contribution in [-0.2, 0) is 14.7 Å². The molecule has 1 heterocycles. The van der Waals surface area contributed by atoms with Gasteiger partial charge < -0.3 is 15.3 Å². The van der Waals surface area contributed by atoms with E-state index in [1.807, 2.05) is 0 Å². The molecule has 3 rings (SSSR count). The molecule has 3 aromatic rings. The first-order valence-corrected chi connectivity index (χ1v) is 10.7. The highest BCUT2D eigenvalue weighted by atomic mass is 32.2. The smallest absolute Gasteiger partial charge is 0.219 e. The third-order valence-corrected chi connectivity index (χ3v) is 5.80. The molecule has 9 heteroatoms. The van der Waals surface area contributed by atoms with Gasteiger partial charge in [0.1, 0.15) is 18.2 Å². The van der Waals surface area contributed by atoms with Gasteiger partial charge in [-0.25, -0.2) is 17.8 Å². The predicted molar refractivity (Wildman–Crippen MR) is 110 cm³/mol. The van der Waals surface area contributed by atoms with Gasteiger partial charge in [0.05, 0.1) is 10.6 Å². The van der Waals surface area contributed by atoms with Gasteiger partial charge in [0.25, 0.3) is 0 Å². The molecular formula is C21H20FN3O4S. The quantitative estimate of drug-likeness (QED) is 0.242. The first-order chi connectivity index (χ1) is 14.4. The number of benzene rings is 2. The Morgan fingerprint density at radius 3 is 2.43 bits per heavy atom. The van der Waals surface area contributed by atoms with Crippen LogP contribution < -0.4 is 10.5 Å². The van der Waals surface area contributed by atoms with Crippen molar-refractivity contribution < 1.29 is 22.4 Å². The van der Waals surface area contributed by atoms with E-state index in [2.05, 4.69) is 10.1 Å². The molecule has 0 spiro atoms. The summed E-state index contributed by atoms with van der Waals surface area (Å²) in [5, 5.41) is 3.79. The molecule has 0 aliphatic rings. The highest BCUT2D eigenvalue weighted by molar-refractivity contribution is 7.91. The zero-order chi connectivity index (χ0) is 21.4. The number of nitrogens with zero attached hydrogens (tertiary/aromatic N) is 2. The minimum Gasteiger partial charge on any atom is -0.439 e. The fraction of sp³-hybridized carbons (Fsp3) is 0.143. The molecule has 0 atom stereocenters. The van der Waals surface area contributed by atoms with E-state index in [0.29, 0.717) is 17.2 Å². The molecule has 2 aromatic carbocycles. The number of oxime groups is 1. The van der Waals surface area contributed by atoms with Gasteiger partial charge in [-0.05, 0) is 48.9 Å². The van der Waals surface area contributed by atoms with Gasteiger partial charge in [-0.2, -0.15) is 0 Å². The van der Waals surface area contributed by atoms with Gasteiger partial charge in [0.15, 0.2) is 15.7 Å². The maximum Gasteiger partial charge on any atom is 0.219 e. The number of hydrogen-bond donors (Lipinski definition) is 1. The lowest BCUT2D eigenvalue weighted by molar-refractivity contribution is 0.145. The standard InChI is InChI=1S/C21H20FN3O4S/c22-17-8-10-18(11-9-17)29-20-12-7-16(15-24-20)21(23)25-28-13-4-14-30(26,27)19-5-2-1-3-6-19/h1-3,5-12,15H,4,13-14H2,(H2,23,25). The van der Waals surface area contributed by atoms with Gasteiger partial charge in [0, 0.05) is 17.8 Å². The fourth-order valence-corrected chi connectivity index (χ4v) is 3.75. The largest absolute Gasteiger partial charge is 0.439 e. The molecule has 0 radical (unpaired) electrons. The Kier molecular flexibility index (Phi) is 6.97. The number of sulfone groups is 1. The van der Waals surface area contributed by atoms with Crippen molar-refractivity contribution in [3.63, 3.8) is 0 Å². The molecule has 1 aromatic heterocycles. The number of hydrogen-bond acceptors (Lipinski definition) is 6. The molecule has 0 amide bonds. The molecule has 7 nitrogen and oxygen atoms in total. The molecule has 0 unspecified atom stereocenters. The molecule has 0 saturated heterocycles. The van der Waals surface area contributed by atoms with Gasteiger partial charge in [-0.15, -0.1) is 0 Å². The van der Waals surface area contributed by atoms with Crippen LogP contribution in [-0.4, -0.2) is 31.6 Å². The van der Waals surface area contributed by atoms with Crippen LogP contribution in [0.4, 0.5) is 4.39 Å². The second-order valence-corrected chi connectivity index (χ2v) is 8.35. The SMILES string of the molecule is N/C(=N/OCCCS(=O)(=O)c1ccccc1)c1ccc(Oc2ccc(F)cc2)nc1. The van der Waals surface area contributed by atoms with Crippen molar-refractivity contribution in [2.75, 3.05) is 12.4 Å². The molecule has 0 aliphatic carbocycles. The van der Waals surface area contributed by atoms with E-state index in [4.69, 9.17) is 15.3 Å². The lowest BCUT2D eigenvalue weighted by Gasteiger charge is -2.06. The van der Waals surface area contributed by atoms with Crippen LogP contribution in [0.2, 0.25) is 0 Å². The molecule has 156 valence electrons. The van der Waals surface area contributed by atoms with Crippen molar-refractivity contribution >= 4 is 15.7 Å². The average Bonchev–Trinajstić information content (AvgIpc) is 2.76. The number of nitrogens with two attached hydrogens (primary N) is 1. The topological polar surface area (TPSA) is 104 Å². The highest BCUT2D eigenvalue weighted by Gasteiger charge is 2.13. The van der Waals surface area contributed by atoms with Crippen LogP contribution in [0, 0.1) is 5.82 Å². The molecule has 0 bridgehead atoms. The highest BCUT2D eigenvalue weighted by Crippen LogP contribution is 2.19. The van der Waals surface area contributed by atoms with Gasteiger partial charge in [-0.1, -0.05) is 23.4 Å². The van der Waals surface area contributed by atoms with Crippen LogP contribution in [0.1, 0.15) is 12.0 Å². The zero-order valence-corrected chi connectivity index (χ0v) is 16.8. The lowest BCUT2D eigenvalue weighted by atomic mass is 10.3. The predicted octanol–water partition coefficient (Wildman–Crippen LogP) is 3.51. The fourth-order valence-electron chi connectivity index (χ4n) is 2.44. The number of aromatic nitrogens is 1. The number of rotatable bonds is 9. The summed E-state index contributed by atoms with van der Waals surface area (Å²) in [5.74, 6) is 0.454. The summed E-state index contributed by atoms with van der Waals surface area (Å²) in [4.78, 5) is 9.52. The summed E-state index contributed by atoms with van der Waals surface area (Å²) in [7, 11) is -3.35. The third-order valence-electron chi connectivity index (χ3n) is 3.98. The number of amidine groups is 1. The van der Waals surface area contributed by atoms with E-state index in [0.717, 1.165) is 0 Å². The van der Waals surface area contributed by atoms with Crippen LogP contribution in [0.15, 0.2) is 83.0 Å². The molecule has 0 saturated carbocycles. The third kappa shape index (κ3) is 6.02. The Morgan fingerprint density at radius 1 is 1.03 bits per heavy atom. The van der Waals surface area contributed by atoms with Crippen LogP contribution in [0.25, 0.3) is 0 Å². The number of ether oxygens (including phenoxy) is 1. The maximum atomic E-state index is 12.9. The summed E-state index contributed by atoms with van der Waals surface area (Å²) in [6, 6.07) is 17.0. The number of pyridine rings is 1. The van der Waals surface area contributed by atoms with E-state index >= 15 is 0 Å². The first-order valence-electron chi connectivity index (χ1n) is 9.07. The second kappa shape index (κ2) is 9.84. The molecule has 2 N–H and O–H groups in total. The zero-order valence-electron chi connectivity index (χ0n) is 15.9. The van der Waals surface area contributed by atoms with E-state index in [9.17, 15) is 12.8 Å². The average molecular weight is 429 g/mol. The van der Waals surface area contributed by atoms with Crippen molar-refractivity contribution in [2.45, 2.75) is 11.3 Å². The Bertz CT molecular complexity index is 1090. The van der Waals surface area contributed by atoms with Gasteiger partial charge in [0.2, 0.25) is 5.88 Å². The summed E-state index contributed by atoms with van der Waals surface area (Å²) >= 11 is 0. The van der Waals surface area contributed by atoms with Crippen molar-refractivity contribution in [3.8, 4) is 11.6 Å². The summed E-state index contributed by atoms with van der Waals surface area (Å²) < 4.78 is 42.8. The second-order valence-electron chi connectivity index (χ2n) is 6.24. The summed E-state index contributed by atoms with van der Waals surface area (Å²) in [5.41, 5.74) is 6.37. The first kappa shape index (κ1) is 21.3.